The number of nitrogens with zero attached hydrogens (tertiary/aromatic N) is 1. The summed E-state index contributed by atoms with van der Waals surface area (Å²) in [6.45, 7) is 5.05. The van der Waals surface area contributed by atoms with E-state index in [2.05, 4.69) is 15.9 Å². The van der Waals surface area contributed by atoms with E-state index in [1.807, 2.05) is 32.0 Å². The topological polar surface area (TPSA) is 37.4 Å². The van der Waals surface area contributed by atoms with Gasteiger partial charge in [0.15, 0.2) is 0 Å². The third-order valence-electron chi connectivity index (χ3n) is 3.73. The van der Waals surface area contributed by atoms with Gasteiger partial charge in [0.1, 0.15) is 5.78 Å². The van der Waals surface area contributed by atoms with E-state index in [1.165, 1.54) is 0 Å². The Labute approximate surface area is 122 Å². The number of hydrogen-bond donors (Lipinski definition) is 0. The SMILES string of the molecule is CCC1CN(C(=O)c2cccc(C)c2Br)CCC1=O. The van der Waals surface area contributed by atoms with Crippen molar-refractivity contribution in [3.63, 3.8) is 0 Å². The zero-order valence-corrected chi connectivity index (χ0v) is 12.9. The number of amides is 1. The van der Waals surface area contributed by atoms with E-state index in [-0.39, 0.29) is 17.6 Å². The van der Waals surface area contributed by atoms with Crippen LogP contribution in [0.4, 0.5) is 0 Å². The van der Waals surface area contributed by atoms with Gasteiger partial charge in [0, 0.05) is 29.9 Å². The first kappa shape index (κ1) is 14.3. The smallest absolute Gasteiger partial charge is 0.255 e. The Morgan fingerprint density at radius 1 is 1.47 bits per heavy atom. The van der Waals surface area contributed by atoms with Crippen LogP contribution in [0.25, 0.3) is 0 Å². The highest BCUT2D eigenvalue weighted by Crippen LogP contribution is 2.24. The van der Waals surface area contributed by atoms with Crippen LogP contribution in [-0.2, 0) is 4.79 Å². The monoisotopic (exact) mass is 323 g/mol. The molecule has 0 aromatic heterocycles. The van der Waals surface area contributed by atoms with Gasteiger partial charge in [0.25, 0.3) is 5.91 Å². The van der Waals surface area contributed by atoms with E-state index in [0.717, 1.165) is 16.5 Å². The molecule has 3 nitrogen and oxygen atoms in total. The molecule has 1 unspecified atom stereocenters. The zero-order valence-electron chi connectivity index (χ0n) is 11.3. The minimum atomic E-state index is 0.00119. The summed E-state index contributed by atoms with van der Waals surface area (Å²) in [6, 6.07) is 5.69. The predicted molar refractivity (Wildman–Crippen MR) is 78.2 cm³/mol. The van der Waals surface area contributed by atoms with Crippen molar-refractivity contribution in [1.82, 2.24) is 4.90 Å². The quantitative estimate of drug-likeness (QED) is 0.838. The maximum absolute atomic E-state index is 12.5. The van der Waals surface area contributed by atoms with Gasteiger partial charge in [-0.3, -0.25) is 9.59 Å². The van der Waals surface area contributed by atoms with E-state index in [4.69, 9.17) is 0 Å². The number of carbonyl (C=O) groups is 2. The van der Waals surface area contributed by atoms with Crippen molar-refractivity contribution < 1.29 is 9.59 Å². The number of hydrogen-bond acceptors (Lipinski definition) is 2. The molecule has 0 aliphatic carbocycles. The van der Waals surface area contributed by atoms with Gasteiger partial charge in [0.2, 0.25) is 0 Å². The highest BCUT2D eigenvalue weighted by Gasteiger charge is 2.29. The van der Waals surface area contributed by atoms with Gasteiger partial charge in [-0.1, -0.05) is 19.1 Å². The largest absolute Gasteiger partial charge is 0.337 e. The van der Waals surface area contributed by atoms with Crippen LogP contribution < -0.4 is 0 Å². The summed E-state index contributed by atoms with van der Waals surface area (Å²) < 4.78 is 0.852. The molecule has 19 heavy (non-hydrogen) atoms. The minimum Gasteiger partial charge on any atom is -0.337 e. The number of piperidine rings is 1. The van der Waals surface area contributed by atoms with Crippen LogP contribution in [-0.4, -0.2) is 29.7 Å². The number of aryl methyl sites for hydroxylation is 1. The van der Waals surface area contributed by atoms with Gasteiger partial charge in [-0.05, 0) is 40.9 Å². The molecule has 1 aromatic rings. The van der Waals surface area contributed by atoms with Gasteiger partial charge in [-0.2, -0.15) is 0 Å². The molecule has 1 atom stereocenters. The van der Waals surface area contributed by atoms with Crippen molar-refractivity contribution in [2.24, 2.45) is 5.92 Å². The molecule has 2 rings (SSSR count). The second kappa shape index (κ2) is 5.87. The lowest BCUT2D eigenvalue weighted by molar-refractivity contribution is -0.125. The molecule has 102 valence electrons. The predicted octanol–water partition coefficient (Wildman–Crippen LogP) is 3.20. The average molecular weight is 324 g/mol. The maximum atomic E-state index is 12.5. The molecule has 0 bridgehead atoms. The van der Waals surface area contributed by atoms with Crippen LogP contribution in [0.5, 0.6) is 0 Å². The Hall–Kier alpha value is -1.16. The van der Waals surface area contributed by atoms with Gasteiger partial charge < -0.3 is 4.90 Å². The third kappa shape index (κ3) is 2.89. The first-order valence-electron chi connectivity index (χ1n) is 6.61. The number of rotatable bonds is 2. The number of ketones is 1. The molecule has 0 radical (unpaired) electrons. The Morgan fingerprint density at radius 3 is 2.89 bits per heavy atom. The first-order chi connectivity index (χ1) is 9.04. The van der Waals surface area contributed by atoms with Gasteiger partial charge >= 0.3 is 0 Å². The van der Waals surface area contributed by atoms with Gasteiger partial charge in [-0.25, -0.2) is 0 Å². The van der Waals surface area contributed by atoms with Crippen molar-refractivity contribution in [3.05, 3.63) is 33.8 Å². The van der Waals surface area contributed by atoms with Crippen LogP contribution in [0.15, 0.2) is 22.7 Å². The van der Waals surface area contributed by atoms with Crippen LogP contribution in [0.3, 0.4) is 0 Å². The number of halogens is 1. The summed E-state index contributed by atoms with van der Waals surface area (Å²) in [7, 11) is 0. The fourth-order valence-corrected chi connectivity index (χ4v) is 2.87. The van der Waals surface area contributed by atoms with Gasteiger partial charge in [-0.15, -0.1) is 0 Å². The highest BCUT2D eigenvalue weighted by atomic mass is 79.9. The normalized spacial score (nSPS) is 19.6. The van der Waals surface area contributed by atoms with E-state index in [1.54, 1.807) is 4.90 Å². The Morgan fingerprint density at radius 2 is 2.21 bits per heavy atom. The molecular weight excluding hydrogens is 306 g/mol. The molecule has 1 saturated heterocycles. The van der Waals surface area contributed by atoms with Crippen molar-refractivity contribution in [3.8, 4) is 0 Å². The molecule has 0 saturated carbocycles. The fraction of sp³-hybridized carbons (Fsp3) is 0.467. The van der Waals surface area contributed by atoms with E-state index >= 15 is 0 Å². The second-order valence-corrected chi connectivity index (χ2v) is 5.80. The molecule has 0 N–H and O–H groups in total. The third-order valence-corrected chi connectivity index (χ3v) is 4.78. The van der Waals surface area contributed by atoms with Crippen LogP contribution in [0, 0.1) is 12.8 Å². The molecule has 1 fully saturated rings. The molecule has 1 heterocycles. The molecule has 1 aliphatic heterocycles. The molecule has 1 amide bonds. The molecule has 1 aromatic carbocycles. The Balaban J connectivity index is 2.20. The highest BCUT2D eigenvalue weighted by molar-refractivity contribution is 9.10. The van der Waals surface area contributed by atoms with E-state index in [9.17, 15) is 9.59 Å². The number of Topliss-reactive ketones (excluding diaryl/α,β-unsaturated/α-hetero) is 1. The van der Waals surface area contributed by atoms with Crippen molar-refractivity contribution in [1.29, 1.82) is 0 Å². The summed E-state index contributed by atoms with van der Waals surface area (Å²) in [5, 5.41) is 0. The molecular formula is C15H18BrNO2. The van der Waals surface area contributed by atoms with Crippen LogP contribution >= 0.6 is 15.9 Å². The summed E-state index contributed by atoms with van der Waals surface area (Å²) in [5.74, 6) is 0.303. The van der Waals surface area contributed by atoms with E-state index in [0.29, 0.717) is 25.1 Å². The number of benzene rings is 1. The summed E-state index contributed by atoms with van der Waals surface area (Å²) >= 11 is 3.48. The van der Waals surface area contributed by atoms with Crippen molar-refractivity contribution >= 4 is 27.6 Å². The van der Waals surface area contributed by atoms with Crippen LogP contribution in [0.2, 0.25) is 0 Å². The molecule has 0 spiro atoms. The van der Waals surface area contributed by atoms with Crippen molar-refractivity contribution in [2.45, 2.75) is 26.7 Å². The Kier molecular flexibility index (Phi) is 4.40. The second-order valence-electron chi connectivity index (χ2n) is 5.01. The van der Waals surface area contributed by atoms with E-state index < -0.39 is 0 Å². The van der Waals surface area contributed by atoms with Crippen LogP contribution in [0.1, 0.15) is 35.7 Å². The first-order valence-corrected chi connectivity index (χ1v) is 7.41. The van der Waals surface area contributed by atoms with Gasteiger partial charge in [0.05, 0.1) is 5.56 Å². The number of carbonyl (C=O) groups excluding carboxylic acids is 2. The molecule has 4 heteroatoms. The lowest BCUT2D eigenvalue weighted by Crippen LogP contribution is -2.44. The summed E-state index contributed by atoms with van der Waals surface area (Å²) in [4.78, 5) is 26.0. The maximum Gasteiger partial charge on any atom is 0.255 e. The Bertz CT molecular complexity index is 513. The minimum absolute atomic E-state index is 0.00119. The number of likely N-dealkylation sites (tertiary alicyclic amines) is 1. The van der Waals surface area contributed by atoms with Crippen molar-refractivity contribution in [2.75, 3.05) is 13.1 Å². The summed E-state index contributed by atoms with van der Waals surface area (Å²) in [6.07, 6.45) is 1.28. The standard InChI is InChI=1S/C15H18BrNO2/c1-3-11-9-17(8-7-13(11)18)15(19)12-6-4-5-10(2)14(12)16/h4-6,11H,3,7-9H2,1-2H3. The lowest BCUT2D eigenvalue weighted by atomic mass is 9.93. The molecule has 1 aliphatic rings. The lowest BCUT2D eigenvalue weighted by Gasteiger charge is -2.31. The summed E-state index contributed by atoms with van der Waals surface area (Å²) in [5.41, 5.74) is 1.73. The zero-order chi connectivity index (χ0) is 14.0. The fourth-order valence-electron chi connectivity index (χ4n) is 2.43. The average Bonchev–Trinajstić information content (AvgIpc) is 2.41.